The predicted molar refractivity (Wildman–Crippen MR) is 49.8 cm³/mol. The van der Waals surface area contributed by atoms with Gasteiger partial charge in [-0.15, -0.1) is 0 Å². The topological polar surface area (TPSA) is 54.4 Å². The van der Waals surface area contributed by atoms with Crippen molar-refractivity contribution in [3.8, 4) is 0 Å². The maximum absolute atomic E-state index is 10.3. The molecule has 6 heteroatoms. The standard InChI is InChI=1S/C6H13BrO3S.Na.H/c1-2-3-6(7)4-5-11(8,9)10;;/h6H,2-5H2,1H3,(H,8,9,10);;/q;+1;-1. The molecule has 0 saturated heterocycles. The monoisotopic (exact) mass is 268 g/mol. The molecule has 0 saturated carbocycles. The van der Waals surface area contributed by atoms with E-state index in [1.807, 2.05) is 6.92 Å². The molecule has 1 atom stereocenters. The van der Waals surface area contributed by atoms with E-state index in [0.29, 0.717) is 6.42 Å². The zero-order chi connectivity index (χ0) is 8.91. The van der Waals surface area contributed by atoms with Crippen LogP contribution in [0.5, 0.6) is 0 Å². The van der Waals surface area contributed by atoms with Crippen molar-refractivity contribution in [2.75, 3.05) is 5.75 Å². The molecule has 0 heterocycles. The molecule has 0 aliphatic heterocycles. The van der Waals surface area contributed by atoms with E-state index in [-0.39, 0.29) is 41.6 Å². The first-order valence-corrected chi connectivity index (χ1v) is 6.07. The summed E-state index contributed by atoms with van der Waals surface area (Å²) in [6.07, 6.45) is 2.43. The normalized spacial score (nSPS) is 13.6. The Bertz CT molecular complexity index is 198. The minimum atomic E-state index is -3.77. The molecule has 12 heavy (non-hydrogen) atoms. The summed E-state index contributed by atoms with van der Waals surface area (Å²) in [4.78, 5) is 0.203. The van der Waals surface area contributed by atoms with Gasteiger partial charge in [0.2, 0.25) is 0 Å². The van der Waals surface area contributed by atoms with E-state index in [2.05, 4.69) is 15.9 Å². The van der Waals surface area contributed by atoms with Crippen LogP contribution >= 0.6 is 15.9 Å². The summed E-state index contributed by atoms with van der Waals surface area (Å²) in [5.41, 5.74) is 0. The third kappa shape index (κ3) is 11.4. The van der Waals surface area contributed by atoms with E-state index in [1.165, 1.54) is 0 Å². The number of alkyl halides is 1. The molecule has 0 spiro atoms. The Morgan fingerprint density at radius 2 is 2.00 bits per heavy atom. The van der Waals surface area contributed by atoms with Crippen LogP contribution in [-0.4, -0.2) is 23.6 Å². The predicted octanol–water partition coefficient (Wildman–Crippen LogP) is -1.06. The fourth-order valence-corrected chi connectivity index (χ4v) is 2.31. The van der Waals surface area contributed by atoms with Crippen LogP contribution in [0, 0.1) is 0 Å². The van der Waals surface area contributed by atoms with Gasteiger partial charge < -0.3 is 1.43 Å². The molecule has 1 N–H and O–H groups in total. The zero-order valence-corrected chi connectivity index (χ0v) is 11.9. The molecule has 0 bridgehead atoms. The van der Waals surface area contributed by atoms with Gasteiger partial charge in [0, 0.05) is 4.83 Å². The molecule has 0 aliphatic rings. The van der Waals surface area contributed by atoms with Gasteiger partial charge in [0.05, 0.1) is 5.75 Å². The first-order chi connectivity index (χ1) is 4.95. The average Bonchev–Trinajstić information content (AvgIpc) is 1.83. The maximum atomic E-state index is 10.3. The van der Waals surface area contributed by atoms with Crippen molar-refractivity contribution >= 4 is 26.0 Å². The molecule has 70 valence electrons. The second-order valence-corrected chi connectivity index (χ2v) is 5.33. The van der Waals surface area contributed by atoms with E-state index >= 15 is 0 Å². The van der Waals surface area contributed by atoms with Crippen LogP contribution < -0.4 is 29.6 Å². The molecule has 0 radical (unpaired) electrons. The number of halogens is 1. The van der Waals surface area contributed by atoms with Gasteiger partial charge >= 0.3 is 29.6 Å². The second-order valence-electron chi connectivity index (χ2n) is 2.46. The number of hydrogen-bond donors (Lipinski definition) is 1. The molecule has 1 unspecified atom stereocenters. The largest absolute Gasteiger partial charge is 1.00 e. The van der Waals surface area contributed by atoms with Crippen LogP contribution in [0.4, 0.5) is 0 Å². The molecule has 0 aromatic heterocycles. The summed E-state index contributed by atoms with van der Waals surface area (Å²) in [5, 5.41) is 0. The summed E-state index contributed by atoms with van der Waals surface area (Å²) < 4.78 is 28.9. The summed E-state index contributed by atoms with van der Waals surface area (Å²) in [6.45, 7) is 2.03. The summed E-state index contributed by atoms with van der Waals surface area (Å²) in [7, 11) is -3.77. The summed E-state index contributed by atoms with van der Waals surface area (Å²) in [6, 6.07) is 0. The maximum Gasteiger partial charge on any atom is 1.00 e. The molecule has 3 nitrogen and oxygen atoms in total. The SMILES string of the molecule is CCCC(Br)CCS(=O)(=O)O.[H-].[Na+]. The van der Waals surface area contributed by atoms with Crippen LogP contribution in [0.1, 0.15) is 27.6 Å². The minimum absolute atomic E-state index is 0. The Balaban J connectivity index is -0.000000500. The minimum Gasteiger partial charge on any atom is -1.00 e. The molecule has 0 rings (SSSR count). The van der Waals surface area contributed by atoms with Gasteiger partial charge in [-0.2, -0.15) is 8.42 Å². The van der Waals surface area contributed by atoms with E-state index in [9.17, 15) is 8.42 Å². The van der Waals surface area contributed by atoms with Crippen LogP contribution in [0.15, 0.2) is 0 Å². The number of rotatable bonds is 5. The first-order valence-electron chi connectivity index (χ1n) is 3.55. The van der Waals surface area contributed by atoms with Crippen molar-refractivity contribution in [3.05, 3.63) is 0 Å². The average molecular weight is 269 g/mol. The van der Waals surface area contributed by atoms with Crippen molar-refractivity contribution in [2.45, 2.75) is 31.0 Å². The Labute approximate surface area is 106 Å². The molecule has 0 fully saturated rings. The third-order valence-electron chi connectivity index (χ3n) is 1.29. The molecular weight excluding hydrogens is 255 g/mol. The van der Waals surface area contributed by atoms with Crippen LogP contribution in [-0.2, 0) is 10.1 Å². The van der Waals surface area contributed by atoms with Gasteiger partial charge in [-0.05, 0) is 12.8 Å². The molecule has 0 amide bonds. The Morgan fingerprint density at radius 3 is 2.33 bits per heavy atom. The first kappa shape index (κ1) is 15.8. The van der Waals surface area contributed by atoms with Crippen molar-refractivity contribution in [1.82, 2.24) is 0 Å². The van der Waals surface area contributed by atoms with Crippen LogP contribution in [0.3, 0.4) is 0 Å². The fourth-order valence-electron chi connectivity index (χ4n) is 0.734. The molecular formula is C6H14BrNaO3S. The van der Waals surface area contributed by atoms with Gasteiger partial charge in [-0.1, -0.05) is 29.3 Å². The van der Waals surface area contributed by atoms with E-state index in [1.54, 1.807) is 0 Å². The Hall–Kier alpha value is 1.39. The van der Waals surface area contributed by atoms with E-state index in [4.69, 9.17) is 4.55 Å². The van der Waals surface area contributed by atoms with Gasteiger partial charge in [-0.25, -0.2) is 0 Å². The van der Waals surface area contributed by atoms with Crippen molar-refractivity contribution in [3.63, 3.8) is 0 Å². The smallest absolute Gasteiger partial charge is 1.00 e. The second kappa shape index (κ2) is 7.76. The summed E-state index contributed by atoms with van der Waals surface area (Å²) >= 11 is 3.32. The van der Waals surface area contributed by atoms with Gasteiger partial charge in [0.15, 0.2) is 0 Å². The third-order valence-corrected chi connectivity index (χ3v) is 2.96. The van der Waals surface area contributed by atoms with Crippen LogP contribution in [0.25, 0.3) is 0 Å². The Kier molecular flexibility index (Phi) is 10.2. The van der Waals surface area contributed by atoms with Gasteiger partial charge in [-0.3, -0.25) is 4.55 Å². The molecule has 0 aliphatic carbocycles. The van der Waals surface area contributed by atoms with Crippen molar-refractivity contribution < 1.29 is 44.0 Å². The molecule has 0 aromatic carbocycles. The van der Waals surface area contributed by atoms with Gasteiger partial charge in [0.25, 0.3) is 10.1 Å². The van der Waals surface area contributed by atoms with Crippen LogP contribution in [0.2, 0.25) is 0 Å². The quantitative estimate of drug-likeness (QED) is 0.393. The van der Waals surface area contributed by atoms with Gasteiger partial charge in [0.1, 0.15) is 0 Å². The summed E-state index contributed by atoms with van der Waals surface area (Å²) in [5.74, 6) is -0.150. The van der Waals surface area contributed by atoms with E-state index in [0.717, 1.165) is 12.8 Å². The molecule has 0 aromatic rings. The van der Waals surface area contributed by atoms with E-state index < -0.39 is 10.1 Å². The zero-order valence-electron chi connectivity index (χ0n) is 8.46. The van der Waals surface area contributed by atoms with Crippen molar-refractivity contribution in [2.24, 2.45) is 0 Å². The fraction of sp³-hybridized carbons (Fsp3) is 1.00. The Morgan fingerprint density at radius 1 is 1.50 bits per heavy atom. The van der Waals surface area contributed by atoms with Crippen molar-refractivity contribution in [1.29, 1.82) is 0 Å². The number of hydrogen-bond acceptors (Lipinski definition) is 2.